The first-order valence-electron chi connectivity index (χ1n) is 8.67. The molecule has 1 saturated heterocycles. The summed E-state index contributed by atoms with van der Waals surface area (Å²) < 4.78 is 33.1. The molecule has 9 heteroatoms. The Morgan fingerprint density at radius 2 is 2.00 bits per heavy atom. The number of nitrogens with zero attached hydrogens (tertiary/aromatic N) is 3. The highest BCUT2D eigenvalue weighted by Gasteiger charge is 2.34. The fourth-order valence-corrected chi connectivity index (χ4v) is 5.06. The van der Waals surface area contributed by atoms with Crippen molar-refractivity contribution in [3.8, 4) is 6.07 Å². The van der Waals surface area contributed by atoms with E-state index in [0.717, 1.165) is 0 Å². The molecule has 3 atom stereocenters. The minimum atomic E-state index is -3.87. The number of nitriles is 1. The van der Waals surface area contributed by atoms with Crippen molar-refractivity contribution in [1.82, 2.24) is 9.21 Å². The number of hydrogen-bond donors (Lipinski definition) is 0. The van der Waals surface area contributed by atoms with Crippen molar-refractivity contribution in [3.63, 3.8) is 0 Å². The molecule has 0 saturated carbocycles. The van der Waals surface area contributed by atoms with Gasteiger partial charge in [-0.25, -0.2) is 8.42 Å². The summed E-state index contributed by atoms with van der Waals surface area (Å²) in [7, 11) is -2.29. The maximum absolute atomic E-state index is 13.1. The summed E-state index contributed by atoms with van der Waals surface area (Å²) in [4.78, 5) is 14.0. The second-order valence-corrected chi connectivity index (χ2v) is 9.17. The topological polar surface area (TPSA) is 90.7 Å². The first kappa shape index (κ1) is 21.6. The van der Waals surface area contributed by atoms with Gasteiger partial charge >= 0.3 is 0 Å². The summed E-state index contributed by atoms with van der Waals surface area (Å²) in [6.45, 7) is 5.82. The summed E-state index contributed by atoms with van der Waals surface area (Å²) in [5.74, 6) is -0.366. The van der Waals surface area contributed by atoms with Crippen LogP contribution < -0.4 is 0 Å². The van der Waals surface area contributed by atoms with Crippen LogP contribution in [0, 0.1) is 11.3 Å². The molecule has 27 heavy (non-hydrogen) atoms. The molecule has 1 fully saturated rings. The molecule has 0 bridgehead atoms. The zero-order chi connectivity index (χ0) is 20.4. The Morgan fingerprint density at radius 1 is 1.41 bits per heavy atom. The van der Waals surface area contributed by atoms with Gasteiger partial charge in [-0.1, -0.05) is 11.6 Å². The molecule has 1 aromatic carbocycles. The molecule has 2 rings (SSSR count). The summed E-state index contributed by atoms with van der Waals surface area (Å²) >= 11 is 6.16. The van der Waals surface area contributed by atoms with Gasteiger partial charge in [-0.2, -0.15) is 9.57 Å². The Morgan fingerprint density at radius 3 is 2.56 bits per heavy atom. The third kappa shape index (κ3) is 4.79. The number of amides is 1. The van der Waals surface area contributed by atoms with E-state index < -0.39 is 10.0 Å². The molecule has 0 radical (unpaired) electrons. The largest absolute Gasteiger partial charge is 0.373 e. The zero-order valence-electron chi connectivity index (χ0n) is 15.8. The van der Waals surface area contributed by atoms with Gasteiger partial charge in [0.1, 0.15) is 4.90 Å². The predicted octanol–water partition coefficient (Wildman–Crippen LogP) is 2.51. The zero-order valence-corrected chi connectivity index (χ0v) is 17.4. The smallest absolute Gasteiger partial charge is 0.253 e. The number of carbonyl (C=O) groups excluding carboxylic acids is 1. The maximum atomic E-state index is 13.1. The van der Waals surface area contributed by atoms with Crippen molar-refractivity contribution in [2.75, 3.05) is 20.1 Å². The minimum absolute atomic E-state index is 0.0612. The second kappa shape index (κ2) is 8.57. The number of ether oxygens (including phenoxy) is 1. The van der Waals surface area contributed by atoms with E-state index in [0.29, 0.717) is 0 Å². The highest BCUT2D eigenvalue weighted by atomic mass is 35.5. The number of halogens is 1. The van der Waals surface area contributed by atoms with Gasteiger partial charge in [-0.15, -0.1) is 0 Å². The lowest BCUT2D eigenvalue weighted by atomic mass is 10.1. The molecular weight excluding hydrogens is 390 g/mol. The van der Waals surface area contributed by atoms with E-state index in [4.69, 9.17) is 21.6 Å². The third-order valence-electron chi connectivity index (χ3n) is 4.55. The Hall–Kier alpha value is -1.66. The maximum Gasteiger partial charge on any atom is 0.253 e. The van der Waals surface area contributed by atoms with Crippen LogP contribution in [-0.4, -0.2) is 61.9 Å². The molecule has 0 spiro atoms. The van der Waals surface area contributed by atoms with Crippen molar-refractivity contribution < 1.29 is 17.9 Å². The SMILES string of the molecule is CC1CN(S(=O)(=O)c2cc(C(=O)N(C)C(C)CC#N)ccc2Cl)CC(C)O1. The van der Waals surface area contributed by atoms with Gasteiger partial charge in [0.25, 0.3) is 5.91 Å². The molecule has 1 aliphatic heterocycles. The quantitative estimate of drug-likeness (QED) is 0.739. The van der Waals surface area contributed by atoms with Gasteiger partial charge in [-0.05, 0) is 39.0 Å². The molecule has 3 unspecified atom stereocenters. The standard InChI is InChI=1S/C18H24ClN3O4S/c1-12(7-8-20)21(4)18(23)15-5-6-16(19)17(9-15)27(24,25)22-10-13(2)26-14(3)11-22/h5-6,9,12-14H,7,10-11H2,1-4H3. The van der Waals surface area contributed by atoms with E-state index in [1.165, 1.54) is 27.4 Å². The van der Waals surface area contributed by atoms with Crippen LogP contribution in [0.3, 0.4) is 0 Å². The molecule has 1 aromatic rings. The van der Waals surface area contributed by atoms with Crippen LogP contribution in [-0.2, 0) is 14.8 Å². The number of hydrogen-bond acceptors (Lipinski definition) is 5. The van der Waals surface area contributed by atoms with Crippen LogP contribution >= 0.6 is 11.6 Å². The number of morpholine rings is 1. The normalized spacial score (nSPS) is 22.1. The average molecular weight is 414 g/mol. The lowest BCUT2D eigenvalue weighted by Crippen LogP contribution is -2.48. The fraction of sp³-hybridized carbons (Fsp3) is 0.556. The summed E-state index contributed by atoms with van der Waals surface area (Å²) in [5, 5.41) is 8.87. The first-order valence-corrected chi connectivity index (χ1v) is 10.5. The van der Waals surface area contributed by atoms with Gasteiger partial charge in [0.15, 0.2) is 0 Å². The lowest BCUT2D eigenvalue weighted by Gasteiger charge is -2.34. The molecular formula is C18H24ClN3O4S. The van der Waals surface area contributed by atoms with E-state index >= 15 is 0 Å². The molecule has 7 nitrogen and oxygen atoms in total. The van der Waals surface area contributed by atoms with Crippen LogP contribution in [0.25, 0.3) is 0 Å². The summed E-state index contributed by atoms with van der Waals surface area (Å²) in [5.41, 5.74) is 0.208. The van der Waals surface area contributed by atoms with E-state index in [2.05, 4.69) is 0 Å². The molecule has 1 heterocycles. The summed E-state index contributed by atoms with van der Waals surface area (Å²) in [6, 6.07) is 5.94. The average Bonchev–Trinajstić information content (AvgIpc) is 2.60. The van der Waals surface area contributed by atoms with Crippen molar-refractivity contribution in [3.05, 3.63) is 28.8 Å². The lowest BCUT2D eigenvalue weighted by molar-refractivity contribution is -0.0440. The number of rotatable bonds is 5. The van der Waals surface area contributed by atoms with Crippen molar-refractivity contribution in [2.24, 2.45) is 0 Å². The predicted molar refractivity (Wildman–Crippen MR) is 102 cm³/mol. The molecule has 148 valence electrons. The monoisotopic (exact) mass is 413 g/mol. The summed E-state index contributed by atoms with van der Waals surface area (Å²) in [6.07, 6.45) is -0.278. The van der Waals surface area contributed by atoms with Crippen LogP contribution in [0.5, 0.6) is 0 Å². The van der Waals surface area contributed by atoms with Gasteiger partial charge in [0.05, 0.1) is 29.7 Å². The van der Waals surface area contributed by atoms with Crippen LogP contribution in [0.15, 0.2) is 23.1 Å². The Labute approximate surface area is 165 Å². The van der Waals surface area contributed by atoms with Gasteiger partial charge in [-0.3, -0.25) is 4.79 Å². The van der Waals surface area contributed by atoms with Gasteiger partial charge in [0.2, 0.25) is 10.0 Å². The van der Waals surface area contributed by atoms with Crippen LogP contribution in [0.2, 0.25) is 5.02 Å². The molecule has 1 amide bonds. The van der Waals surface area contributed by atoms with Crippen LogP contribution in [0.1, 0.15) is 37.6 Å². The van der Waals surface area contributed by atoms with Crippen molar-refractivity contribution in [1.29, 1.82) is 5.26 Å². The third-order valence-corrected chi connectivity index (χ3v) is 6.86. The Bertz CT molecular complexity index is 843. The number of benzene rings is 1. The molecule has 0 N–H and O–H groups in total. The highest BCUT2D eigenvalue weighted by molar-refractivity contribution is 7.89. The molecule has 1 aliphatic rings. The Balaban J connectivity index is 2.37. The van der Waals surface area contributed by atoms with Crippen molar-refractivity contribution >= 4 is 27.5 Å². The second-order valence-electron chi connectivity index (χ2n) is 6.85. The van der Waals surface area contributed by atoms with E-state index in [1.807, 2.05) is 19.9 Å². The van der Waals surface area contributed by atoms with E-state index in [1.54, 1.807) is 14.0 Å². The van der Waals surface area contributed by atoms with Crippen LogP contribution in [0.4, 0.5) is 0 Å². The van der Waals surface area contributed by atoms with E-state index in [9.17, 15) is 13.2 Å². The number of sulfonamides is 1. The van der Waals surface area contributed by atoms with Gasteiger partial charge < -0.3 is 9.64 Å². The highest BCUT2D eigenvalue weighted by Crippen LogP contribution is 2.28. The first-order chi connectivity index (χ1) is 12.6. The number of carbonyl (C=O) groups is 1. The van der Waals surface area contributed by atoms with E-state index in [-0.39, 0.29) is 59.1 Å². The molecule has 0 aromatic heterocycles. The van der Waals surface area contributed by atoms with Gasteiger partial charge in [0, 0.05) is 31.7 Å². The molecule has 0 aliphatic carbocycles. The minimum Gasteiger partial charge on any atom is -0.373 e. The fourth-order valence-electron chi connectivity index (χ4n) is 2.97. The van der Waals surface area contributed by atoms with Crippen molar-refractivity contribution in [2.45, 2.75) is 50.3 Å². The Kier molecular flexibility index (Phi) is 6.87.